The molecule has 6 nitrogen and oxygen atoms in total. The summed E-state index contributed by atoms with van der Waals surface area (Å²) in [6.07, 6.45) is 4.91. The van der Waals surface area contributed by atoms with Gasteiger partial charge in [0.25, 0.3) is 0 Å². The lowest BCUT2D eigenvalue weighted by Gasteiger charge is -2.31. The minimum atomic E-state index is -3.64. The number of benzene rings is 1. The van der Waals surface area contributed by atoms with Crippen LogP contribution in [-0.2, 0) is 10.0 Å². The first-order chi connectivity index (χ1) is 13.6. The number of para-hydroxylation sites is 1. The van der Waals surface area contributed by atoms with Crippen LogP contribution in [0.2, 0.25) is 5.02 Å². The molecule has 1 aromatic carbocycles. The van der Waals surface area contributed by atoms with Gasteiger partial charge in [-0.3, -0.25) is 4.98 Å². The van der Waals surface area contributed by atoms with Crippen LogP contribution in [0.1, 0.15) is 12.8 Å². The molecule has 2 aromatic heterocycles. The number of hydrogen-bond donors (Lipinski definition) is 0. The summed E-state index contributed by atoms with van der Waals surface area (Å²) < 4.78 is 33.8. The van der Waals surface area contributed by atoms with Crippen LogP contribution in [0.5, 0.6) is 5.88 Å². The summed E-state index contributed by atoms with van der Waals surface area (Å²) in [5.41, 5.74) is 0.503. The molecule has 28 heavy (non-hydrogen) atoms. The van der Waals surface area contributed by atoms with E-state index in [-0.39, 0.29) is 10.8 Å². The maximum atomic E-state index is 13.3. The third-order valence-corrected chi connectivity index (χ3v) is 7.06. The van der Waals surface area contributed by atoms with Gasteiger partial charge in [0.05, 0.1) is 12.1 Å². The summed E-state index contributed by atoms with van der Waals surface area (Å²) in [5, 5.41) is 1.26. The van der Waals surface area contributed by atoms with Crippen LogP contribution in [0.15, 0.2) is 59.8 Å². The molecule has 3 aromatic rings. The molecule has 0 radical (unpaired) electrons. The number of ether oxygens (including phenoxy) is 1. The van der Waals surface area contributed by atoms with Crippen LogP contribution in [-0.4, -0.2) is 42.4 Å². The third kappa shape index (κ3) is 3.83. The number of nitrogens with zero attached hydrogens (tertiary/aromatic N) is 3. The van der Waals surface area contributed by atoms with Crippen molar-refractivity contribution in [2.24, 2.45) is 5.92 Å². The van der Waals surface area contributed by atoms with Crippen LogP contribution in [0.25, 0.3) is 10.9 Å². The van der Waals surface area contributed by atoms with Crippen molar-refractivity contribution >= 4 is 32.5 Å². The summed E-state index contributed by atoms with van der Waals surface area (Å²) in [6.45, 7) is 1.26. The molecule has 1 aliphatic heterocycles. The zero-order chi connectivity index (χ0) is 19.6. The predicted molar refractivity (Wildman–Crippen MR) is 108 cm³/mol. The van der Waals surface area contributed by atoms with E-state index in [1.807, 2.05) is 12.1 Å². The number of fused-ring (bicyclic) bond motifs is 1. The van der Waals surface area contributed by atoms with E-state index in [2.05, 4.69) is 9.97 Å². The largest absolute Gasteiger partial charge is 0.476 e. The van der Waals surface area contributed by atoms with Gasteiger partial charge >= 0.3 is 0 Å². The Labute approximate surface area is 169 Å². The highest BCUT2D eigenvalue weighted by molar-refractivity contribution is 7.89. The molecule has 4 rings (SSSR count). The SMILES string of the molecule is O=S(=O)(c1cccc2cccnc12)N1CCCC(COc2ncccc2Cl)C1. The van der Waals surface area contributed by atoms with Crippen molar-refractivity contribution in [3.05, 3.63) is 59.9 Å². The van der Waals surface area contributed by atoms with Crippen molar-refractivity contribution in [1.82, 2.24) is 14.3 Å². The smallest absolute Gasteiger partial charge is 0.245 e. The summed E-state index contributed by atoms with van der Waals surface area (Å²) >= 11 is 6.08. The zero-order valence-electron chi connectivity index (χ0n) is 15.2. The van der Waals surface area contributed by atoms with E-state index in [9.17, 15) is 8.42 Å². The van der Waals surface area contributed by atoms with Gasteiger partial charge in [-0.05, 0) is 37.1 Å². The van der Waals surface area contributed by atoms with E-state index >= 15 is 0 Å². The molecule has 0 spiro atoms. The molecule has 1 saturated heterocycles. The molecule has 1 atom stereocenters. The lowest BCUT2D eigenvalue weighted by molar-refractivity contribution is 0.176. The Balaban J connectivity index is 1.53. The monoisotopic (exact) mass is 417 g/mol. The second kappa shape index (κ2) is 8.03. The molecule has 8 heteroatoms. The quantitative estimate of drug-likeness (QED) is 0.632. The van der Waals surface area contributed by atoms with Gasteiger partial charge in [0, 0.05) is 36.8 Å². The van der Waals surface area contributed by atoms with Gasteiger partial charge in [0.15, 0.2) is 0 Å². The minimum Gasteiger partial charge on any atom is -0.476 e. The molecule has 0 saturated carbocycles. The van der Waals surface area contributed by atoms with Crippen LogP contribution in [0.3, 0.4) is 0 Å². The van der Waals surface area contributed by atoms with Crippen LogP contribution in [0, 0.1) is 5.92 Å². The maximum Gasteiger partial charge on any atom is 0.245 e. The maximum absolute atomic E-state index is 13.3. The lowest BCUT2D eigenvalue weighted by Crippen LogP contribution is -2.41. The molecule has 3 heterocycles. The normalized spacial score (nSPS) is 18.2. The fourth-order valence-corrected chi connectivity index (χ4v) is 5.38. The minimum absolute atomic E-state index is 0.0736. The first-order valence-electron chi connectivity index (χ1n) is 9.13. The van der Waals surface area contributed by atoms with E-state index in [1.165, 1.54) is 4.31 Å². The second-order valence-electron chi connectivity index (χ2n) is 6.80. The molecule has 1 unspecified atom stereocenters. The second-order valence-corrected chi connectivity index (χ2v) is 9.12. The average molecular weight is 418 g/mol. The Bertz CT molecular complexity index is 1090. The van der Waals surface area contributed by atoms with Gasteiger partial charge in [-0.15, -0.1) is 0 Å². The van der Waals surface area contributed by atoms with Gasteiger partial charge < -0.3 is 4.74 Å². The Morgan fingerprint density at radius 2 is 1.89 bits per heavy atom. The summed E-state index contributed by atoms with van der Waals surface area (Å²) in [4.78, 5) is 8.66. The Kier molecular flexibility index (Phi) is 5.48. The zero-order valence-corrected chi connectivity index (χ0v) is 16.7. The third-order valence-electron chi connectivity index (χ3n) is 4.88. The number of pyridine rings is 2. The van der Waals surface area contributed by atoms with Crippen molar-refractivity contribution in [3.63, 3.8) is 0 Å². The van der Waals surface area contributed by atoms with Crippen molar-refractivity contribution in [2.75, 3.05) is 19.7 Å². The van der Waals surface area contributed by atoms with Crippen LogP contribution >= 0.6 is 11.6 Å². The van der Waals surface area contributed by atoms with Crippen LogP contribution in [0.4, 0.5) is 0 Å². The van der Waals surface area contributed by atoms with E-state index in [0.717, 1.165) is 18.2 Å². The van der Waals surface area contributed by atoms with Gasteiger partial charge in [0.2, 0.25) is 15.9 Å². The average Bonchev–Trinajstić information content (AvgIpc) is 2.73. The first-order valence-corrected chi connectivity index (χ1v) is 10.9. The molecular weight excluding hydrogens is 398 g/mol. The number of hydrogen-bond acceptors (Lipinski definition) is 5. The lowest BCUT2D eigenvalue weighted by atomic mass is 10.0. The molecule has 0 aliphatic carbocycles. The van der Waals surface area contributed by atoms with Crippen LogP contribution < -0.4 is 4.74 Å². The van der Waals surface area contributed by atoms with E-state index < -0.39 is 10.0 Å². The van der Waals surface area contributed by atoms with Gasteiger partial charge in [-0.2, -0.15) is 4.31 Å². The van der Waals surface area contributed by atoms with Gasteiger partial charge in [0.1, 0.15) is 9.92 Å². The Hall–Kier alpha value is -2.22. The number of aromatic nitrogens is 2. The summed E-state index contributed by atoms with van der Waals surface area (Å²) in [5.74, 6) is 0.451. The summed E-state index contributed by atoms with van der Waals surface area (Å²) in [7, 11) is -3.64. The fourth-order valence-electron chi connectivity index (χ4n) is 3.48. The summed E-state index contributed by atoms with van der Waals surface area (Å²) in [6, 6.07) is 12.4. The number of rotatable bonds is 5. The molecule has 1 fully saturated rings. The highest BCUT2D eigenvalue weighted by Crippen LogP contribution is 2.28. The van der Waals surface area contributed by atoms with Crippen molar-refractivity contribution in [2.45, 2.75) is 17.7 Å². The highest BCUT2D eigenvalue weighted by atomic mass is 35.5. The number of sulfonamides is 1. The standard InChI is InChI=1S/C20H20ClN3O3S/c21-17-8-3-11-23-20(17)27-14-15-5-4-12-24(13-15)28(25,26)18-9-1-6-16-7-2-10-22-19(16)18/h1-3,6-11,15H,4-5,12-14H2. The molecular formula is C20H20ClN3O3S. The Morgan fingerprint density at radius 3 is 2.75 bits per heavy atom. The molecule has 1 aliphatic rings. The Morgan fingerprint density at radius 1 is 1.11 bits per heavy atom. The predicted octanol–water partition coefficient (Wildman–Crippen LogP) is 3.76. The molecule has 0 bridgehead atoms. The van der Waals surface area contributed by atoms with E-state index in [4.69, 9.17) is 16.3 Å². The van der Waals surface area contributed by atoms with Crippen molar-refractivity contribution in [3.8, 4) is 5.88 Å². The van der Waals surface area contributed by atoms with Gasteiger partial charge in [-0.1, -0.05) is 29.8 Å². The van der Waals surface area contributed by atoms with E-state index in [1.54, 1.807) is 42.7 Å². The van der Waals surface area contributed by atoms with Crippen molar-refractivity contribution < 1.29 is 13.2 Å². The topological polar surface area (TPSA) is 72.4 Å². The first kappa shape index (κ1) is 19.1. The highest BCUT2D eigenvalue weighted by Gasteiger charge is 2.32. The molecule has 0 N–H and O–H groups in total. The fraction of sp³-hybridized carbons (Fsp3) is 0.300. The molecule has 0 amide bonds. The number of halogens is 1. The van der Waals surface area contributed by atoms with E-state index in [0.29, 0.717) is 36.1 Å². The van der Waals surface area contributed by atoms with Crippen molar-refractivity contribution in [1.29, 1.82) is 0 Å². The number of piperidine rings is 1. The molecule has 146 valence electrons. The van der Waals surface area contributed by atoms with Gasteiger partial charge in [-0.25, -0.2) is 13.4 Å².